The van der Waals surface area contributed by atoms with E-state index >= 15 is 0 Å². The fourth-order valence-electron chi connectivity index (χ4n) is 4.36. The summed E-state index contributed by atoms with van der Waals surface area (Å²) in [5.41, 5.74) is 8.67. The number of aryl methyl sites for hydroxylation is 4. The maximum absolute atomic E-state index is 13.7. The highest BCUT2D eigenvalue weighted by Gasteiger charge is 2.27. The lowest BCUT2D eigenvalue weighted by molar-refractivity contribution is 0.0992. The van der Waals surface area contributed by atoms with E-state index in [0.717, 1.165) is 22.5 Å². The number of halogens is 2. The van der Waals surface area contributed by atoms with Gasteiger partial charge in [0, 0.05) is 24.2 Å². The number of benzene rings is 1. The summed E-state index contributed by atoms with van der Waals surface area (Å²) in [6.45, 7) is 5.71. The van der Waals surface area contributed by atoms with Crippen molar-refractivity contribution in [1.29, 1.82) is 0 Å². The predicted octanol–water partition coefficient (Wildman–Crippen LogP) is 6.08. The van der Waals surface area contributed by atoms with Crippen LogP contribution in [0.25, 0.3) is 21.3 Å². The Morgan fingerprint density at radius 3 is 2.60 bits per heavy atom. The second-order valence-corrected chi connectivity index (χ2v) is 10.3. The molecule has 2 amide bonds. The van der Waals surface area contributed by atoms with Gasteiger partial charge in [-0.3, -0.25) is 14.3 Å². The monoisotopic (exact) mass is 565 g/mol. The van der Waals surface area contributed by atoms with E-state index in [1.54, 1.807) is 30.9 Å². The number of amides is 2. The minimum Gasteiger partial charge on any atom is -0.485 e. The zero-order valence-corrected chi connectivity index (χ0v) is 22.9. The Labute approximate surface area is 231 Å². The van der Waals surface area contributed by atoms with E-state index in [4.69, 9.17) is 14.9 Å². The van der Waals surface area contributed by atoms with E-state index in [1.165, 1.54) is 12.1 Å². The van der Waals surface area contributed by atoms with Crippen molar-refractivity contribution >= 4 is 39.1 Å². The number of nitrogens with two attached hydrogens (primary N) is 1. The number of nitrogens with one attached hydrogen (secondary N) is 1. The summed E-state index contributed by atoms with van der Waals surface area (Å²) in [6, 6.07) is 10.2. The summed E-state index contributed by atoms with van der Waals surface area (Å²) < 4.78 is 40.6. The molecule has 0 radical (unpaired) electrons. The minimum atomic E-state index is -2.86. The zero-order valence-electron chi connectivity index (χ0n) is 22.0. The number of hydrogen-bond donors (Lipinski definition) is 2. The average Bonchev–Trinajstić information content (AvgIpc) is 3.61. The molecule has 0 spiro atoms. The van der Waals surface area contributed by atoms with E-state index in [0.29, 0.717) is 33.7 Å². The van der Waals surface area contributed by atoms with Gasteiger partial charge >= 0.3 is 0 Å². The molecule has 0 unspecified atom stereocenters. The first-order chi connectivity index (χ1) is 19.0. The quantitative estimate of drug-likeness (QED) is 0.235. The number of furan rings is 1. The molecule has 5 aromatic rings. The summed E-state index contributed by atoms with van der Waals surface area (Å²) in [5, 5.41) is 7.31. The van der Waals surface area contributed by atoms with Crippen LogP contribution in [0.3, 0.4) is 0 Å². The summed E-state index contributed by atoms with van der Waals surface area (Å²) in [7, 11) is 1.70. The molecule has 0 aliphatic rings. The number of hydrogen-bond acceptors (Lipinski definition) is 7. The van der Waals surface area contributed by atoms with Crippen LogP contribution in [0.5, 0.6) is 5.75 Å². The molecule has 0 atom stereocenters. The van der Waals surface area contributed by atoms with Gasteiger partial charge in [0.25, 0.3) is 18.2 Å². The molecular weight excluding hydrogens is 540 g/mol. The Morgan fingerprint density at radius 2 is 1.93 bits per heavy atom. The number of ether oxygens (including phenoxy) is 1. The van der Waals surface area contributed by atoms with Crippen molar-refractivity contribution in [2.45, 2.75) is 33.8 Å². The number of rotatable bonds is 8. The molecule has 40 heavy (non-hydrogen) atoms. The van der Waals surface area contributed by atoms with Gasteiger partial charge in [0.15, 0.2) is 5.76 Å². The average molecular weight is 566 g/mol. The van der Waals surface area contributed by atoms with Gasteiger partial charge < -0.3 is 20.2 Å². The van der Waals surface area contributed by atoms with Crippen LogP contribution in [0.1, 0.15) is 54.9 Å². The molecule has 0 aliphatic heterocycles. The number of pyridine rings is 1. The molecular formula is C28H25F2N5O4S. The fraction of sp³-hybridized carbons (Fsp3) is 0.214. The first-order valence-corrected chi connectivity index (χ1v) is 13.0. The molecule has 4 heterocycles. The number of anilines is 1. The number of nitrogens with zero attached hydrogens (tertiary/aromatic N) is 3. The van der Waals surface area contributed by atoms with Crippen molar-refractivity contribution in [1.82, 2.24) is 14.8 Å². The summed E-state index contributed by atoms with van der Waals surface area (Å²) in [4.78, 5) is 29.8. The molecule has 0 fully saturated rings. The van der Waals surface area contributed by atoms with Gasteiger partial charge in [-0.1, -0.05) is 12.1 Å². The molecule has 0 saturated carbocycles. The fourth-order valence-corrected chi connectivity index (χ4v) is 5.38. The highest BCUT2D eigenvalue weighted by molar-refractivity contribution is 7.21. The number of thiophene rings is 1. The lowest BCUT2D eigenvalue weighted by atomic mass is 10.0. The molecule has 4 aromatic heterocycles. The molecule has 206 valence electrons. The zero-order chi connectivity index (χ0) is 28.7. The smallest absolute Gasteiger partial charge is 0.291 e. The van der Waals surface area contributed by atoms with Crippen LogP contribution in [0.2, 0.25) is 0 Å². The lowest BCUT2D eigenvalue weighted by Crippen LogP contribution is -2.16. The third-order valence-electron chi connectivity index (χ3n) is 6.27. The number of fused-ring (bicyclic) bond motifs is 1. The van der Waals surface area contributed by atoms with Crippen LogP contribution in [-0.2, 0) is 13.7 Å². The highest BCUT2D eigenvalue weighted by Crippen LogP contribution is 2.43. The minimum absolute atomic E-state index is 0.0323. The van der Waals surface area contributed by atoms with Gasteiger partial charge in [-0.25, -0.2) is 13.8 Å². The third kappa shape index (κ3) is 5.17. The molecule has 9 nitrogen and oxygen atoms in total. The molecule has 0 aliphatic carbocycles. The van der Waals surface area contributed by atoms with Gasteiger partial charge in [-0.2, -0.15) is 5.10 Å². The Morgan fingerprint density at radius 1 is 1.15 bits per heavy atom. The number of alkyl halides is 2. The van der Waals surface area contributed by atoms with Crippen molar-refractivity contribution < 1.29 is 27.5 Å². The molecule has 3 N–H and O–H groups in total. The van der Waals surface area contributed by atoms with Gasteiger partial charge in [0.05, 0.1) is 11.4 Å². The van der Waals surface area contributed by atoms with E-state index in [9.17, 15) is 18.4 Å². The maximum atomic E-state index is 13.7. The van der Waals surface area contributed by atoms with Crippen molar-refractivity contribution in [3.05, 3.63) is 81.5 Å². The lowest BCUT2D eigenvalue weighted by Gasteiger charge is -2.10. The van der Waals surface area contributed by atoms with Crippen molar-refractivity contribution in [3.8, 4) is 16.9 Å². The summed E-state index contributed by atoms with van der Waals surface area (Å²) in [5.74, 6) is -0.427. The number of carbonyl (C=O) groups is 2. The number of primary amides is 1. The van der Waals surface area contributed by atoms with E-state index in [2.05, 4.69) is 15.4 Å². The molecule has 12 heteroatoms. The number of aromatic nitrogens is 3. The highest BCUT2D eigenvalue weighted by atomic mass is 32.1. The van der Waals surface area contributed by atoms with E-state index in [-0.39, 0.29) is 27.8 Å². The Balaban J connectivity index is 1.51. The molecule has 5 rings (SSSR count). The first-order valence-electron chi connectivity index (χ1n) is 12.2. The first kappa shape index (κ1) is 27.0. The number of carbonyl (C=O) groups excluding carboxylic acids is 2. The van der Waals surface area contributed by atoms with Crippen LogP contribution in [0.15, 0.2) is 47.0 Å². The summed E-state index contributed by atoms with van der Waals surface area (Å²) >= 11 is 0.824. The van der Waals surface area contributed by atoms with E-state index in [1.807, 2.05) is 32.0 Å². The third-order valence-corrected chi connectivity index (χ3v) is 7.37. The standard InChI is InChI=1S/C28H25F2N5O4S/c1-13-5-6-14(2)21(9-13)38-12-16-7-8-20(39-16)27(37)33-23-22-17(18-11-35(4)34-15(18)3)10-19(25(29)30)32-28(22)40-24(23)26(31)36/h5-11,25H,12H2,1-4H3,(H2,31,36)(H,33,37). The molecule has 0 saturated heterocycles. The van der Waals surface area contributed by atoms with Crippen molar-refractivity contribution in [3.63, 3.8) is 0 Å². The van der Waals surface area contributed by atoms with Crippen LogP contribution < -0.4 is 15.8 Å². The van der Waals surface area contributed by atoms with Gasteiger partial charge in [0.1, 0.15) is 33.5 Å². The Kier molecular flexibility index (Phi) is 7.11. The van der Waals surface area contributed by atoms with Crippen LogP contribution in [0.4, 0.5) is 14.5 Å². The largest absolute Gasteiger partial charge is 0.485 e. The molecule has 1 aromatic carbocycles. The predicted molar refractivity (Wildman–Crippen MR) is 147 cm³/mol. The maximum Gasteiger partial charge on any atom is 0.291 e. The van der Waals surface area contributed by atoms with Crippen molar-refractivity contribution in [2.75, 3.05) is 5.32 Å². The summed E-state index contributed by atoms with van der Waals surface area (Å²) in [6.07, 6.45) is -1.19. The second kappa shape index (κ2) is 10.5. The van der Waals surface area contributed by atoms with Crippen molar-refractivity contribution in [2.24, 2.45) is 12.8 Å². The van der Waals surface area contributed by atoms with Crippen LogP contribution in [0, 0.1) is 20.8 Å². The Bertz CT molecular complexity index is 1770. The van der Waals surface area contributed by atoms with Gasteiger partial charge in [-0.05, 0) is 61.7 Å². The van der Waals surface area contributed by atoms with E-state index < -0.39 is 23.9 Å². The van der Waals surface area contributed by atoms with Gasteiger partial charge in [-0.15, -0.1) is 11.3 Å². The molecule has 0 bridgehead atoms. The SMILES string of the molecule is Cc1ccc(C)c(OCc2ccc(C(=O)Nc3c(C(N)=O)sc4nc(C(F)F)cc(-c5cn(C)nc5C)c34)o2)c1. The Hall–Kier alpha value is -4.58. The van der Waals surface area contributed by atoms with Crippen LogP contribution in [-0.4, -0.2) is 26.6 Å². The van der Waals surface area contributed by atoms with Gasteiger partial charge in [0.2, 0.25) is 0 Å². The normalized spacial score (nSPS) is 11.4. The van der Waals surface area contributed by atoms with Crippen LogP contribution >= 0.6 is 11.3 Å². The topological polar surface area (TPSA) is 125 Å². The second-order valence-electron chi connectivity index (χ2n) is 9.33.